The number of benzene rings is 1. The highest BCUT2D eigenvalue weighted by atomic mass is 16.6. The first kappa shape index (κ1) is 20.1. The largest absolute Gasteiger partial charge is 0.500 e. The maximum absolute atomic E-state index is 12.2. The number of likely N-dealkylation sites (tertiary alicyclic amines) is 1. The van der Waals surface area contributed by atoms with Crippen molar-refractivity contribution in [3.63, 3.8) is 0 Å². The van der Waals surface area contributed by atoms with Crippen LogP contribution in [-0.2, 0) is 9.47 Å². The Morgan fingerprint density at radius 3 is 2.63 bits per heavy atom. The summed E-state index contributed by atoms with van der Waals surface area (Å²) in [6.45, 7) is 7.32. The van der Waals surface area contributed by atoms with Crippen molar-refractivity contribution in [1.29, 1.82) is 0 Å². The van der Waals surface area contributed by atoms with Crippen LogP contribution >= 0.6 is 0 Å². The van der Waals surface area contributed by atoms with Gasteiger partial charge in [0, 0.05) is 36.9 Å². The van der Waals surface area contributed by atoms with Crippen molar-refractivity contribution in [2.24, 2.45) is 5.73 Å². The van der Waals surface area contributed by atoms with Gasteiger partial charge in [-0.1, -0.05) is 0 Å². The van der Waals surface area contributed by atoms with Gasteiger partial charge < -0.3 is 30.0 Å². The summed E-state index contributed by atoms with van der Waals surface area (Å²) in [6, 6.07) is 5.88. The van der Waals surface area contributed by atoms with E-state index in [-0.39, 0.29) is 18.1 Å². The second kappa shape index (κ2) is 7.27. The van der Waals surface area contributed by atoms with E-state index in [1.807, 2.05) is 40.0 Å². The highest BCUT2D eigenvalue weighted by Crippen LogP contribution is 2.35. The van der Waals surface area contributed by atoms with E-state index in [9.17, 15) is 9.59 Å². The number of fused-ring (bicyclic) bond motifs is 1. The molecule has 0 spiro atoms. The number of H-pyrrole nitrogens is 1. The molecule has 8 heteroatoms. The van der Waals surface area contributed by atoms with Crippen molar-refractivity contribution in [2.75, 3.05) is 31.6 Å². The van der Waals surface area contributed by atoms with Crippen molar-refractivity contribution < 1.29 is 19.1 Å². The highest BCUT2D eigenvalue weighted by molar-refractivity contribution is 6.09. The molecule has 1 aromatic heterocycles. The molecule has 2 aliphatic rings. The molecule has 1 saturated heterocycles. The number of hydrogen-bond acceptors (Lipinski definition) is 5. The van der Waals surface area contributed by atoms with Crippen LogP contribution in [0.2, 0.25) is 0 Å². The van der Waals surface area contributed by atoms with Crippen LogP contribution in [0, 0.1) is 0 Å². The summed E-state index contributed by atoms with van der Waals surface area (Å²) in [5.74, 6) is -0.358. The summed E-state index contributed by atoms with van der Waals surface area (Å²) in [5, 5.41) is 0.930. The first-order valence-corrected chi connectivity index (χ1v) is 10.1. The van der Waals surface area contributed by atoms with Gasteiger partial charge in [-0.15, -0.1) is 0 Å². The Hall–Kier alpha value is -3.16. The summed E-state index contributed by atoms with van der Waals surface area (Å²) in [6.07, 6.45) is 3.39. The maximum atomic E-state index is 12.2. The smallest absolute Gasteiger partial charge is 0.410 e. The zero-order valence-corrected chi connectivity index (χ0v) is 17.8. The Kier molecular flexibility index (Phi) is 4.88. The molecular weight excluding hydrogens is 384 g/mol. The van der Waals surface area contributed by atoms with Gasteiger partial charge in [0.2, 0.25) is 0 Å². The van der Waals surface area contributed by atoms with Crippen molar-refractivity contribution in [3.8, 4) is 0 Å². The topological polar surface area (TPSA) is 101 Å². The summed E-state index contributed by atoms with van der Waals surface area (Å²) in [4.78, 5) is 31.4. The summed E-state index contributed by atoms with van der Waals surface area (Å²) in [7, 11) is 2.00. The lowest BCUT2D eigenvalue weighted by Gasteiger charge is -2.45. The van der Waals surface area contributed by atoms with Crippen LogP contribution < -0.4 is 10.6 Å². The minimum Gasteiger partial charge on any atom is -0.500 e. The fraction of sp³-hybridized carbons (Fsp3) is 0.455. The van der Waals surface area contributed by atoms with E-state index < -0.39 is 11.5 Å². The number of nitrogens with one attached hydrogen (secondary N) is 1. The first-order valence-electron chi connectivity index (χ1n) is 10.1. The van der Waals surface area contributed by atoms with Gasteiger partial charge in [0.15, 0.2) is 0 Å². The third kappa shape index (κ3) is 3.69. The normalized spacial score (nSPS) is 18.9. The molecular formula is C22H28N4O4. The van der Waals surface area contributed by atoms with Crippen molar-refractivity contribution in [1.82, 2.24) is 9.88 Å². The molecule has 1 fully saturated rings. The zero-order valence-electron chi connectivity index (χ0n) is 17.8. The zero-order chi connectivity index (χ0) is 21.6. The van der Waals surface area contributed by atoms with Crippen LogP contribution in [-0.4, -0.2) is 60.3 Å². The highest BCUT2D eigenvalue weighted by Gasteiger charge is 2.36. The quantitative estimate of drug-likeness (QED) is 0.804. The number of aromatic nitrogens is 1. The maximum Gasteiger partial charge on any atom is 0.410 e. The fourth-order valence-electron chi connectivity index (χ4n) is 3.87. The molecule has 0 radical (unpaired) electrons. The molecule has 8 nitrogen and oxygen atoms in total. The van der Waals surface area contributed by atoms with Crippen molar-refractivity contribution in [2.45, 2.75) is 38.3 Å². The second-order valence-electron chi connectivity index (χ2n) is 8.93. The van der Waals surface area contributed by atoms with Crippen LogP contribution in [0.25, 0.3) is 10.9 Å². The third-order valence-electron chi connectivity index (χ3n) is 5.58. The second-order valence-corrected chi connectivity index (χ2v) is 8.93. The van der Waals surface area contributed by atoms with Gasteiger partial charge in [-0.3, -0.25) is 4.79 Å². The number of ether oxygens (including phenoxy) is 2. The molecule has 1 unspecified atom stereocenters. The van der Waals surface area contributed by atoms with Gasteiger partial charge in [-0.05, 0) is 45.0 Å². The molecule has 2 amide bonds. The molecule has 4 rings (SSSR count). The predicted molar refractivity (Wildman–Crippen MR) is 115 cm³/mol. The number of hydrogen-bond donors (Lipinski definition) is 2. The van der Waals surface area contributed by atoms with Crippen LogP contribution in [0.4, 0.5) is 10.5 Å². The van der Waals surface area contributed by atoms with E-state index in [2.05, 4.69) is 16.0 Å². The standard InChI is InChI=1S/C22H28N4O4/c1-22(2,3)30-21(28)26-10-14(11-26)25(4)18-6-5-15(20(23)27)19-16(18)9-17(24-19)13-7-8-29-12-13/h5-9,13-14,24H,10-12H2,1-4H3,(H2,23,27). The van der Waals surface area contributed by atoms with E-state index in [1.54, 1.807) is 17.2 Å². The van der Waals surface area contributed by atoms with Crippen LogP contribution in [0.3, 0.4) is 0 Å². The molecule has 1 atom stereocenters. The fourth-order valence-corrected chi connectivity index (χ4v) is 3.87. The Morgan fingerprint density at radius 1 is 1.30 bits per heavy atom. The molecule has 0 aliphatic carbocycles. The van der Waals surface area contributed by atoms with E-state index in [0.29, 0.717) is 25.3 Å². The van der Waals surface area contributed by atoms with Gasteiger partial charge in [0.05, 0.1) is 35.9 Å². The van der Waals surface area contributed by atoms with Crippen LogP contribution in [0.1, 0.15) is 42.7 Å². The van der Waals surface area contributed by atoms with E-state index in [0.717, 1.165) is 22.3 Å². The minimum atomic E-state index is -0.509. The number of aromatic amines is 1. The van der Waals surface area contributed by atoms with Gasteiger partial charge in [0.1, 0.15) is 5.60 Å². The first-order chi connectivity index (χ1) is 14.1. The predicted octanol–water partition coefficient (Wildman–Crippen LogP) is 2.95. The Bertz CT molecular complexity index is 1010. The van der Waals surface area contributed by atoms with Gasteiger partial charge >= 0.3 is 6.09 Å². The van der Waals surface area contributed by atoms with Crippen molar-refractivity contribution >= 4 is 28.6 Å². The lowest BCUT2D eigenvalue weighted by molar-refractivity contribution is 0.00853. The monoisotopic (exact) mass is 412 g/mol. The van der Waals surface area contributed by atoms with Gasteiger partial charge in [-0.2, -0.15) is 0 Å². The molecule has 0 saturated carbocycles. The number of carbonyl (C=O) groups excluding carboxylic acids is 2. The molecule has 160 valence electrons. The molecule has 3 heterocycles. The molecule has 3 N–H and O–H groups in total. The number of primary amides is 1. The molecule has 2 aromatic rings. The third-order valence-corrected chi connectivity index (χ3v) is 5.58. The summed E-state index contributed by atoms with van der Waals surface area (Å²) < 4.78 is 10.8. The number of nitrogens with zero attached hydrogens (tertiary/aromatic N) is 2. The lowest BCUT2D eigenvalue weighted by atomic mass is 10.0. The average Bonchev–Trinajstić information content (AvgIpc) is 3.26. The van der Waals surface area contributed by atoms with E-state index in [4.69, 9.17) is 15.2 Å². The minimum absolute atomic E-state index is 0.114. The Labute approximate surface area is 175 Å². The van der Waals surface area contributed by atoms with E-state index >= 15 is 0 Å². The van der Waals surface area contributed by atoms with Crippen molar-refractivity contribution in [3.05, 3.63) is 41.8 Å². The summed E-state index contributed by atoms with van der Waals surface area (Å²) in [5.41, 5.74) is 8.23. The lowest BCUT2D eigenvalue weighted by Crippen LogP contribution is -2.61. The number of anilines is 1. The Balaban J connectivity index is 1.58. The molecule has 0 bridgehead atoms. The SMILES string of the molecule is CN(c1ccc(C(N)=O)c2[nH]c(C3C=COC3)cc12)C1CN(C(=O)OC(C)(C)C)C1. The Morgan fingerprint density at radius 2 is 2.03 bits per heavy atom. The van der Waals surface area contributed by atoms with Gasteiger partial charge in [0.25, 0.3) is 5.91 Å². The van der Waals surface area contributed by atoms with E-state index in [1.165, 1.54) is 0 Å². The van der Waals surface area contributed by atoms with Gasteiger partial charge in [-0.25, -0.2) is 4.79 Å². The number of nitrogens with two attached hydrogens (primary N) is 1. The number of carbonyl (C=O) groups is 2. The van der Waals surface area contributed by atoms with Crippen LogP contribution in [0.15, 0.2) is 30.5 Å². The number of amides is 2. The molecule has 2 aliphatic heterocycles. The number of rotatable bonds is 4. The molecule has 1 aromatic carbocycles. The average molecular weight is 412 g/mol. The summed E-state index contributed by atoms with van der Waals surface area (Å²) >= 11 is 0. The number of likely N-dealkylation sites (N-methyl/N-ethyl adjacent to an activating group) is 1. The van der Waals surface area contributed by atoms with Crippen LogP contribution in [0.5, 0.6) is 0 Å². The molecule has 30 heavy (non-hydrogen) atoms.